The first kappa shape index (κ1) is 15.4. The molecule has 1 atom stereocenters. The summed E-state index contributed by atoms with van der Waals surface area (Å²) in [5, 5.41) is 12.4. The van der Waals surface area contributed by atoms with E-state index in [1.165, 1.54) is 0 Å². The Labute approximate surface area is 111 Å². The molecule has 1 rings (SSSR count). The van der Waals surface area contributed by atoms with Crippen molar-refractivity contribution in [3.8, 4) is 0 Å². The molecule has 1 fully saturated rings. The minimum absolute atomic E-state index is 0.00647. The van der Waals surface area contributed by atoms with Gasteiger partial charge in [0.25, 0.3) is 0 Å². The van der Waals surface area contributed by atoms with Gasteiger partial charge in [0.15, 0.2) is 0 Å². The summed E-state index contributed by atoms with van der Waals surface area (Å²) in [6.45, 7) is 6.36. The Hall–Kier alpha value is -0.610. The Morgan fingerprint density at radius 2 is 1.94 bits per heavy atom. The third-order valence-corrected chi connectivity index (χ3v) is 3.87. The van der Waals surface area contributed by atoms with Gasteiger partial charge >= 0.3 is 0 Å². The van der Waals surface area contributed by atoms with Crippen molar-refractivity contribution in [3.63, 3.8) is 0 Å². The molecular weight excluding hydrogens is 228 g/mol. The van der Waals surface area contributed by atoms with Crippen LogP contribution in [0.3, 0.4) is 0 Å². The maximum Gasteiger partial charge on any atom is 0.240 e. The van der Waals surface area contributed by atoms with Gasteiger partial charge in [0.05, 0.1) is 18.2 Å². The van der Waals surface area contributed by atoms with Crippen molar-refractivity contribution in [1.29, 1.82) is 0 Å². The summed E-state index contributed by atoms with van der Waals surface area (Å²) in [4.78, 5) is 14.4. The van der Waals surface area contributed by atoms with E-state index >= 15 is 0 Å². The largest absolute Gasteiger partial charge is 0.394 e. The highest BCUT2D eigenvalue weighted by molar-refractivity contribution is 5.87. The molecule has 106 valence electrons. The molecule has 18 heavy (non-hydrogen) atoms. The van der Waals surface area contributed by atoms with Gasteiger partial charge in [0, 0.05) is 0 Å². The SMILES string of the molecule is CN(C)C1(C(=O)NC(CO)CC(C)(C)C)CCC1. The number of carbonyl (C=O) groups is 1. The molecule has 1 aliphatic carbocycles. The van der Waals surface area contributed by atoms with Crippen molar-refractivity contribution in [2.75, 3.05) is 20.7 Å². The van der Waals surface area contributed by atoms with Gasteiger partial charge < -0.3 is 10.4 Å². The Morgan fingerprint density at radius 3 is 2.22 bits per heavy atom. The van der Waals surface area contributed by atoms with E-state index < -0.39 is 0 Å². The Morgan fingerprint density at radius 1 is 1.39 bits per heavy atom. The number of amides is 1. The molecule has 0 aromatic rings. The fraction of sp³-hybridized carbons (Fsp3) is 0.929. The summed E-state index contributed by atoms with van der Waals surface area (Å²) in [5.74, 6) is 0.0713. The summed E-state index contributed by atoms with van der Waals surface area (Å²) >= 11 is 0. The van der Waals surface area contributed by atoms with E-state index in [4.69, 9.17) is 0 Å². The van der Waals surface area contributed by atoms with Crippen molar-refractivity contribution in [2.45, 2.75) is 58.0 Å². The Bertz CT molecular complexity index is 291. The number of nitrogens with zero attached hydrogens (tertiary/aromatic N) is 1. The number of likely N-dealkylation sites (N-methyl/N-ethyl adjacent to an activating group) is 1. The molecule has 0 radical (unpaired) electrons. The monoisotopic (exact) mass is 256 g/mol. The van der Waals surface area contributed by atoms with Gasteiger partial charge in [0.2, 0.25) is 5.91 Å². The van der Waals surface area contributed by atoms with Crippen molar-refractivity contribution in [1.82, 2.24) is 10.2 Å². The van der Waals surface area contributed by atoms with Crippen molar-refractivity contribution in [2.24, 2.45) is 5.41 Å². The van der Waals surface area contributed by atoms with Gasteiger partial charge in [-0.3, -0.25) is 9.69 Å². The van der Waals surface area contributed by atoms with Crippen LogP contribution in [0.2, 0.25) is 0 Å². The smallest absolute Gasteiger partial charge is 0.240 e. The highest BCUT2D eigenvalue weighted by Crippen LogP contribution is 2.36. The number of nitrogens with one attached hydrogen (secondary N) is 1. The van der Waals surface area contributed by atoms with Gasteiger partial charge in [-0.2, -0.15) is 0 Å². The lowest BCUT2D eigenvalue weighted by atomic mass is 9.74. The number of aliphatic hydroxyl groups is 1. The molecule has 0 heterocycles. The lowest BCUT2D eigenvalue weighted by Crippen LogP contribution is -2.62. The number of hydrogen-bond donors (Lipinski definition) is 2. The summed E-state index contributed by atoms with van der Waals surface area (Å²) in [6, 6.07) is -0.144. The molecule has 0 saturated heterocycles. The van der Waals surface area contributed by atoms with E-state index in [-0.39, 0.29) is 29.5 Å². The summed E-state index contributed by atoms with van der Waals surface area (Å²) in [6.07, 6.45) is 3.73. The summed E-state index contributed by atoms with van der Waals surface area (Å²) in [7, 11) is 3.91. The van der Waals surface area contributed by atoms with Gasteiger partial charge in [-0.15, -0.1) is 0 Å². The van der Waals surface area contributed by atoms with Crippen LogP contribution in [0.15, 0.2) is 0 Å². The fourth-order valence-electron chi connectivity index (χ4n) is 2.61. The van der Waals surface area contributed by atoms with Crippen molar-refractivity contribution < 1.29 is 9.90 Å². The number of rotatable bonds is 5. The minimum atomic E-state index is -0.342. The zero-order chi connectivity index (χ0) is 14.0. The van der Waals surface area contributed by atoms with Crippen molar-refractivity contribution in [3.05, 3.63) is 0 Å². The van der Waals surface area contributed by atoms with E-state index in [0.29, 0.717) is 0 Å². The quantitative estimate of drug-likeness (QED) is 0.781. The summed E-state index contributed by atoms with van der Waals surface area (Å²) < 4.78 is 0. The highest BCUT2D eigenvalue weighted by atomic mass is 16.3. The molecule has 1 amide bonds. The molecule has 2 N–H and O–H groups in total. The maximum atomic E-state index is 12.4. The molecule has 0 aromatic carbocycles. The fourth-order valence-corrected chi connectivity index (χ4v) is 2.61. The number of hydrogen-bond acceptors (Lipinski definition) is 3. The molecule has 0 aliphatic heterocycles. The minimum Gasteiger partial charge on any atom is -0.394 e. The molecule has 1 unspecified atom stereocenters. The van der Waals surface area contributed by atoms with E-state index in [1.54, 1.807) is 0 Å². The molecule has 0 spiro atoms. The van der Waals surface area contributed by atoms with Crippen LogP contribution in [0.1, 0.15) is 46.5 Å². The number of carbonyl (C=O) groups excluding carboxylic acids is 1. The third kappa shape index (κ3) is 3.45. The zero-order valence-corrected chi connectivity index (χ0v) is 12.4. The van der Waals surface area contributed by atoms with Gasteiger partial charge in [-0.05, 0) is 45.2 Å². The molecular formula is C14H28N2O2. The second-order valence-electron chi connectivity index (χ2n) is 6.90. The second-order valence-corrected chi connectivity index (χ2v) is 6.90. The first-order valence-corrected chi connectivity index (χ1v) is 6.80. The van der Waals surface area contributed by atoms with Crippen LogP contribution in [0, 0.1) is 5.41 Å². The highest BCUT2D eigenvalue weighted by Gasteiger charge is 2.46. The first-order chi connectivity index (χ1) is 8.21. The van der Waals surface area contributed by atoms with Crippen LogP contribution in [0.4, 0.5) is 0 Å². The third-order valence-electron chi connectivity index (χ3n) is 3.87. The van der Waals surface area contributed by atoms with Crippen molar-refractivity contribution >= 4 is 5.91 Å². The summed E-state index contributed by atoms with van der Waals surface area (Å²) in [5.41, 5.74) is -0.239. The van der Waals surface area contributed by atoms with Crippen LogP contribution < -0.4 is 5.32 Å². The Kier molecular flexibility index (Phi) is 4.78. The maximum absolute atomic E-state index is 12.4. The van der Waals surface area contributed by atoms with Crippen LogP contribution in [-0.4, -0.2) is 48.2 Å². The second kappa shape index (κ2) is 5.57. The van der Waals surface area contributed by atoms with Gasteiger partial charge in [-0.1, -0.05) is 20.8 Å². The van der Waals surface area contributed by atoms with Crippen LogP contribution in [0.5, 0.6) is 0 Å². The predicted molar refractivity (Wildman–Crippen MR) is 73.4 cm³/mol. The lowest BCUT2D eigenvalue weighted by molar-refractivity contribution is -0.138. The molecule has 1 saturated carbocycles. The average molecular weight is 256 g/mol. The van der Waals surface area contributed by atoms with E-state index in [9.17, 15) is 9.90 Å². The standard InChI is InChI=1S/C14H28N2O2/c1-13(2,3)9-11(10-17)15-12(18)14(16(4)5)7-6-8-14/h11,17H,6-10H2,1-5H3,(H,15,18). The normalized spacial score (nSPS) is 20.4. The number of aliphatic hydroxyl groups excluding tert-OH is 1. The topological polar surface area (TPSA) is 52.6 Å². The Balaban J connectivity index is 2.62. The van der Waals surface area contributed by atoms with E-state index in [2.05, 4.69) is 26.1 Å². The molecule has 0 bridgehead atoms. The predicted octanol–water partition coefficient (Wildman–Crippen LogP) is 1.38. The molecule has 1 aliphatic rings. The van der Waals surface area contributed by atoms with E-state index in [0.717, 1.165) is 25.7 Å². The van der Waals surface area contributed by atoms with Gasteiger partial charge in [0.1, 0.15) is 0 Å². The molecule has 4 nitrogen and oxygen atoms in total. The lowest BCUT2D eigenvalue weighted by Gasteiger charge is -2.46. The first-order valence-electron chi connectivity index (χ1n) is 6.80. The van der Waals surface area contributed by atoms with Crippen LogP contribution in [0.25, 0.3) is 0 Å². The molecule has 0 aromatic heterocycles. The van der Waals surface area contributed by atoms with E-state index in [1.807, 2.05) is 19.0 Å². The zero-order valence-electron chi connectivity index (χ0n) is 12.4. The van der Waals surface area contributed by atoms with Crippen LogP contribution in [-0.2, 0) is 4.79 Å². The van der Waals surface area contributed by atoms with Crippen LogP contribution >= 0.6 is 0 Å². The average Bonchev–Trinajstić information content (AvgIpc) is 2.11. The van der Waals surface area contributed by atoms with Gasteiger partial charge in [-0.25, -0.2) is 0 Å². The molecule has 4 heteroatoms.